The molecule has 1 unspecified atom stereocenters. The third-order valence-electron chi connectivity index (χ3n) is 3.20. The van der Waals surface area contributed by atoms with Crippen molar-refractivity contribution in [1.82, 2.24) is 10.4 Å². The summed E-state index contributed by atoms with van der Waals surface area (Å²) in [4.78, 5) is 3.98. The first-order chi connectivity index (χ1) is 8.77. The van der Waals surface area contributed by atoms with Crippen LogP contribution in [0.3, 0.4) is 0 Å². The van der Waals surface area contributed by atoms with Gasteiger partial charge in [-0.25, -0.2) is 4.98 Å². The Morgan fingerprint density at radius 3 is 2.67 bits per heavy atom. The van der Waals surface area contributed by atoms with E-state index in [9.17, 15) is 0 Å². The van der Waals surface area contributed by atoms with E-state index in [1.807, 2.05) is 12.1 Å². The molecule has 4 heteroatoms. The van der Waals surface area contributed by atoms with Gasteiger partial charge in [0.25, 0.3) is 0 Å². The van der Waals surface area contributed by atoms with Gasteiger partial charge in [-0.15, -0.1) is 0 Å². The zero-order valence-electron chi connectivity index (χ0n) is 11.2. The van der Waals surface area contributed by atoms with E-state index in [1.165, 1.54) is 38.5 Å². The fraction of sp³-hybridized carbons (Fsp3) is 0.643. The zero-order chi connectivity index (χ0) is 13.2. The van der Waals surface area contributed by atoms with E-state index in [1.54, 1.807) is 6.20 Å². The van der Waals surface area contributed by atoms with Gasteiger partial charge in [0.15, 0.2) is 0 Å². The normalized spacial score (nSPS) is 12.6. The molecule has 102 valence electrons. The number of nitrogens with zero attached hydrogens (tertiary/aromatic N) is 1. The van der Waals surface area contributed by atoms with Crippen molar-refractivity contribution in [1.29, 1.82) is 0 Å². The van der Waals surface area contributed by atoms with Crippen molar-refractivity contribution < 1.29 is 0 Å². The van der Waals surface area contributed by atoms with Gasteiger partial charge in [0, 0.05) is 12.2 Å². The Balaban J connectivity index is 2.29. The number of aromatic nitrogens is 1. The first kappa shape index (κ1) is 15.4. The Labute approximate surface area is 115 Å². The minimum absolute atomic E-state index is 0.177. The third-order valence-corrected chi connectivity index (χ3v) is 3.41. The molecule has 0 aliphatic heterocycles. The summed E-state index contributed by atoms with van der Waals surface area (Å²) in [7, 11) is 0. The van der Waals surface area contributed by atoms with E-state index in [4.69, 9.17) is 17.4 Å². The van der Waals surface area contributed by atoms with Crippen molar-refractivity contribution in [2.24, 2.45) is 5.84 Å². The number of hydrogen-bond acceptors (Lipinski definition) is 3. The highest BCUT2D eigenvalue weighted by atomic mass is 35.5. The van der Waals surface area contributed by atoms with Gasteiger partial charge >= 0.3 is 0 Å². The van der Waals surface area contributed by atoms with Crippen molar-refractivity contribution >= 4 is 11.6 Å². The quantitative estimate of drug-likeness (QED) is 0.308. The molecule has 0 fully saturated rings. The summed E-state index contributed by atoms with van der Waals surface area (Å²) in [5.41, 5.74) is 3.98. The average Bonchev–Trinajstić information content (AvgIpc) is 2.38. The third kappa shape index (κ3) is 5.80. The molecule has 18 heavy (non-hydrogen) atoms. The van der Waals surface area contributed by atoms with Crippen LogP contribution < -0.4 is 11.3 Å². The molecule has 1 rings (SSSR count). The number of hydrogen-bond donors (Lipinski definition) is 2. The maximum absolute atomic E-state index is 5.88. The van der Waals surface area contributed by atoms with Crippen molar-refractivity contribution in [2.75, 3.05) is 0 Å². The molecule has 0 saturated heterocycles. The fourth-order valence-electron chi connectivity index (χ4n) is 2.11. The van der Waals surface area contributed by atoms with Gasteiger partial charge in [-0.1, -0.05) is 57.0 Å². The standard InChI is InChI=1S/C14H24ClN3/c1-2-3-4-5-6-7-8-13(18-16)12-9-10-17-14(15)11-12/h9-11,13,18H,2-8,16H2,1H3. The van der Waals surface area contributed by atoms with Crippen LogP contribution in [0.1, 0.15) is 63.5 Å². The molecule has 0 aromatic carbocycles. The molecule has 0 radical (unpaired) electrons. The molecule has 0 spiro atoms. The summed E-state index contributed by atoms with van der Waals surface area (Å²) in [6.45, 7) is 2.24. The van der Waals surface area contributed by atoms with E-state index < -0.39 is 0 Å². The van der Waals surface area contributed by atoms with E-state index in [0.717, 1.165) is 12.0 Å². The molecule has 1 atom stereocenters. The van der Waals surface area contributed by atoms with Crippen LogP contribution in [-0.4, -0.2) is 4.98 Å². The maximum Gasteiger partial charge on any atom is 0.129 e. The van der Waals surface area contributed by atoms with Gasteiger partial charge in [0.05, 0.1) is 0 Å². The lowest BCUT2D eigenvalue weighted by atomic mass is 10.0. The molecule has 1 aromatic rings. The molecular weight excluding hydrogens is 246 g/mol. The first-order valence-electron chi connectivity index (χ1n) is 6.85. The lowest BCUT2D eigenvalue weighted by Gasteiger charge is -2.16. The topological polar surface area (TPSA) is 50.9 Å². The Morgan fingerprint density at radius 1 is 1.28 bits per heavy atom. The largest absolute Gasteiger partial charge is 0.271 e. The highest BCUT2D eigenvalue weighted by Crippen LogP contribution is 2.21. The van der Waals surface area contributed by atoms with Gasteiger partial charge in [-0.2, -0.15) is 0 Å². The molecule has 0 amide bonds. The monoisotopic (exact) mass is 269 g/mol. The summed E-state index contributed by atoms with van der Waals surface area (Å²) in [5, 5.41) is 0.524. The van der Waals surface area contributed by atoms with E-state index in [-0.39, 0.29) is 6.04 Å². The van der Waals surface area contributed by atoms with E-state index in [0.29, 0.717) is 5.15 Å². The fourth-order valence-corrected chi connectivity index (χ4v) is 2.29. The highest BCUT2D eigenvalue weighted by molar-refractivity contribution is 6.29. The smallest absolute Gasteiger partial charge is 0.129 e. The SMILES string of the molecule is CCCCCCCCC(NN)c1ccnc(Cl)c1. The minimum atomic E-state index is 0.177. The van der Waals surface area contributed by atoms with Crippen LogP contribution in [0.4, 0.5) is 0 Å². The maximum atomic E-state index is 5.88. The Kier molecular flexibility index (Phi) is 7.98. The lowest BCUT2D eigenvalue weighted by molar-refractivity contribution is 0.477. The number of pyridine rings is 1. The predicted octanol–water partition coefficient (Wildman–Crippen LogP) is 3.99. The summed E-state index contributed by atoms with van der Waals surface area (Å²) in [6.07, 6.45) is 10.5. The lowest BCUT2D eigenvalue weighted by Crippen LogP contribution is -2.28. The Bertz CT molecular complexity index is 331. The van der Waals surface area contributed by atoms with Crippen LogP contribution in [0.2, 0.25) is 5.15 Å². The van der Waals surface area contributed by atoms with Gasteiger partial charge in [0.1, 0.15) is 5.15 Å². The molecule has 0 bridgehead atoms. The van der Waals surface area contributed by atoms with Crippen LogP contribution in [0, 0.1) is 0 Å². The summed E-state index contributed by atoms with van der Waals surface area (Å²) in [6, 6.07) is 4.02. The second kappa shape index (κ2) is 9.31. The minimum Gasteiger partial charge on any atom is -0.271 e. The number of unbranched alkanes of at least 4 members (excludes halogenated alkanes) is 5. The van der Waals surface area contributed by atoms with E-state index in [2.05, 4.69) is 17.3 Å². The highest BCUT2D eigenvalue weighted by Gasteiger charge is 2.09. The van der Waals surface area contributed by atoms with Gasteiger partial charge in [-0.05, 0) is 24.1 Å². The Hall–Kier alpha value is -0.640. The van der Waals surface area contributed by atoms with Crippen molar-refractivity contribution in [3.8, 4) is 0 Å². The van der Waals surface area contributed by atoms with Crippen LogP contribution in [0.15, 0.2) is 18.3 Å². The second-order valence-electron chi connectivity index (χ2n) is 4.69. The number of halogens is 1. The summed E-state index contributed by atoms with van der Waals surface area (Å²) in [5.74, 6) is 5.60. The number of rotatable bonds is 9. The predicted molar refractivity (Wildman–Crippen MR) is 77.3 cm³/mol. The van der Waals surface area contributed by atoms with Crippen molar-refractivity contribution in [3.05, 3.63) is 29.0 Å². The van der Waals surface area contributed by atoms with Crippen molar-refractivity contribution in [3.63, 3.8) is 0 Å². The van der Waals surface area contributed by atoms with Crippen LogP contribution in [-0.2, 0) is 0 Å². The second-order valence-corrected chi connectivity index (χ2v) is 5.07. The average molecular weight is 270 g/mol. The zero-order valence-corrected chi connectivity index (χ0v) is 11.9. The molecule has 0 aliphatic carbocycles. The van der Waals surface area contributed by atoms with Gasteiger partial charge in [-0.3, -0.25) is 11.3 Å². The summed E-state index contributed by atoms with van der Waals surface area (Å²) >= 11 is 5.88. The van der Waals surface area contributed by atoms with Crippen molar-refractivity contribution in [2.45, 2.75) is 57.9 Å². The molecule has 3 nitrogen and oxygen atoms in total. The van der Waals surface area contributed by atoms with E-state index >= 15 is 0 Å². The van der Waals surface area contributed by atoms with Gasteiger partial charge < -0.3 is 0 Å². The van der Waals surface area contributed by atoms with Crippen LogP contribution in [0.5, 0.6) is 0 Å². The molecule has 1 heterocycles. The molecule has 1 aromatic heterocycles. The molecule has 0 aliphatic rings. The molecule has 3 N–H and O–H groups in total. The van der Waals surface area contributed by atoms with Gasteiger partial charge in [0.2, 0.25) is 0 Å². The number of hydrazine groups is 1. The van der Waals surface area contributed by atoms with Crippen LogP contribution >= 0.6 is 11.6 Å². The Morgan fingerprint density at radius 2 is 2.00 bits per heavy atom. The summed E-state index contributed by atoms with van der Waals surface area (Å²) < 4.78 is 0. The number of nitrogens with one attached hydrogen (secondary N) is 1. The molecular formula is C14H24ClN3. The van der Waals surface area contributed by atoms with Crippen LogP contribution in [0.25, 0.3) is 0 Å². The first-order valence-corrected chi connectivity index (χ1v) is 7.23. The number of nitrogens with two attached hydrogens (primary N) is 1. The molecule has 0 saturated carbocycles.